The first-order valence-corrected chi connectivity index (χ1v) is 11.9. The van der Waals surface area contributed by atoms with Crippen molar-refractivity contribution in [3.8, 4) is 11.6 Å². The zero-order chi connectivity index (χ0) is 22.6. The molecule has 1 atom stereocenters. The van der Waals surface area contributed by atoms with Crippen LogP contribution in [0.5, 0.6) is 0 Å². The number of benzene rings is 1. The van der Waals surface area contributed by atoms with Crippen molar-refractivity contribution in [2.75, 3.05) is 11.5 Å². The van der Waals surface area contributed by atoms with Gasteiger partial charge in [-0.15, -0.1) is 0 Å². The van der Waals surface area contributed by atoms with Crippen LogP contribution in [-0.4, -0.2) is 30.3 Å². The lowest BCUT2D eigenvalue weighted by atomic mass is 10.1. The van der Waals surface area contributed by atoms with E-state index in [1.54, 1.807) is 30.4 Å². The molecule has 0 saturated heterocycles. The first kappa shape index (κ1) is 21.2. The average Bonchev–Trinajstić information content (AvgIpc) is 3.50. The SMILES string of the molecule is CCC(c1ccncc1)n1c(-c2ccco2)nc2c(N)nc(SCCc3ccccc3)nc21. The lowest BCUT2D eigenvalue weighted by Crippen LogP contribution is -2.12. The Balaban J connectivity index is 1.57. The number of hydrogen-bond donors (Lipinski definition) is 1. The van der Waals surface area contributed by atoms with Gasteiger partial charge in [0.05, 0.1) is 12.3 Å². The minimum atomic E-state index is -0.00503. The van der Waals surface area contributed by atoms with Gasteiger partial charge in [0, 0.05) is 18.1 Å². The fraction of sp³-hybridized carbons (Fsp3) is 0.200. The van der Waals surface area contributed by atoms with Crippen LogP contribution >= 0.6 is 11.8 Å². The molecule has 0 amide bonds. The second-order valence-electron chi connectivity index (χ2n) is 7.64. The molecule has 0 saturated carbocycles. The summed E-state index contributed by atoms with van der Waals surface area (Å²) in [4.78, 5) is 18.4. The van der Waals surface area contributed by atoms with Gasteiger partial charge in [-0.3, -0.25) is 9.55 Å². The molecule has 0 fully saturated rings. The van der Waals surface area contributed by atoms with Crippen LogP contribution in [0.2, 0.25) is 0 Å². The molecule has 1 aromatic carbocycles. The van der Waals surface area contributed by atoms with Crippen molar-refractivity contribution in [1.82, 2.24) is 24.5 Å². The molecule has 4 heterocycles. The van der Waals surface area contributed by atoms with Crippen molar-refractivity contribution in [2.24, 2.45) is 0 Å². The number of furan rings is 1. The van der Waals surface area contributed by atoms with Gasteiger partial charge in [0.2, 0.25) is 0 Å². The fourth-order valence-electron chi connectivity index (χ4n) is 3.97. The molecule has 0 aliphatic rings. The molecular weight excluding hydrogens is 432 g/mol. The molecule has 4 aromatic heterocycles. The van der Waals surface area contributed by atoms with Crippen LogP contribution in [0.3, 0.4) is 0 Å². The van der Waals surface area contributed by atoms with Crippen molar-refractivity contribution < 1.29 is 4.42 Å². The van der Waals surface area contributed by atoms with E-state index in [1.165, 1.54) is 5.56 Å². The predicted octanol–water partition coefficient (Wildman–Crippen LogP) is 5.40. The number of nitrogens with zero attached hydrogens (tertiary/aromatic N) is 5. The summed E-state index contributed by atoms with van der Waals surface area (Å²) >= 11 is 1.60. The summed E-state index contributed by atoms with van der Waals surface area (Å²) in [5.41, 5.74) is 10.1. The summed E-state index contributed by atoms with van der Waals surface area (Å²) in [7, 11) is 0. The molecule has 1 unspecified atom stereocenters. The third kappa shape index (κ3) is 4.34. The van der Waals surface area contributed by atoms with E-state index in [-0.39, 0.29) is 6.04 Å². The van der Waals surface area contributed by atoms with E-state index in [0.29, 0.717) is 33.7 Å². The third-order valence-electron chi connectivity index (χ3n) is 5.54. The molecule has 5 rings (SSSR count). The normalized spacial score (nSPS) is 12.3. The topological polar surface area (TPSA) is 95.7 Å². The quantitative estimate of drug-likeness (QED) is 0.247. The number of aromatic nitrogens is 5. The second-order valence-corrected chi connectivity index (χ2v) is 8.70. The minimum Gasteiger partial charge on any atom is -0.461 e. The molecule has 0 radical (unpaired) electrons. The summed E-state index contributed by atoms with van der Waals surface area (Å²) in [6.45, 7) is 2.14. The molecular formula is C25H24N6OS. The molecule has 5 aromatic rings. The van der Waals surface area contributed by atoms with Crippen molar-refractivity contribution in [3.05, 3.63) is 84.4 Å². The number of nitrogens with two attached hydrogens (primary N) is 1. The number of hydrogen-bond acceptors (Lipinski definition) is 7. The van der Waals surface area contributed by atoms with E-state index in [4.69, 9.17) is 20.1 Å². The van der Waals surface area contributed by atoms with Gasteiger partial charge in [-0.05, 0) is 48.2 Å². The van der Waals surface area contributed by atoms with Gasteiger partial charge >= 0.3 is 0 Å². The highest BCUT2D eigenvalue weighted by Crippen LogP contribution is 2.35. The highest BCUT2D eigenvalue weighted by Gasteiger charge is 2.25. The average molecular weight is 457 g/mol. The van der Waals surface area contributed by atoms with Crippen molar-refractivity contribution in [1.29, 1.82) is 0 Å². The fourth-order valence-corrected chi connectivity index (χ4v) is 4.81. The highest BCUT2D eigenvalue weighted by atomic mass is 32.2. The number of pyridine rings is 1. The largest absolute Gasteiger partial charge is 0.461 e. The molecule has 0 aliphatic heterocycles. The van der Waals surface area contributed by atoms with Gasteiger partial charge in [0.15, 0.2) is 33.7 Å². The Kier molecular flexibility index (Phi) is 6.08. The lowest BCUT2D eigenvalue weighted by molar-refractivity contribution is 0.544. The van der Waals surface area contributed by atoms with Crippen LogP contribution in [0.4, 0.5) is 5.82 Å². The second kappa shape index (κ2) is 9.46. The van der Waals surface area contributed by atoms with Crippen LogP contribution in [0, 0.1) is 0 Å². The van der Waals surface area contributed by atoms with E-state index in [2.05, 4.69) is 45.7 Å². The van der Waals surface area contributed by atoms with E-state index < -0.39 is 0 Å². The molecule has 2 N–H and O–H groups in total. The van der Waals surface area contributed by atoms with Gasteiger partial charge in [-0.1, -0.05) is 49.0 Å². The number of aryl methyl sites for hydroxylation is 1. The van der Waals surface area contributed by atoms with E-state index in [0.717, 1.165) is 24.2 Å². The number of rotatable bonds is 8. The van der Waals surface area contributed by atoms with E-state index in [1.807, 2.05) is 30.3 Å². The van der Waals surface area contributed by atoms with Gasteiger partial charge in [-0.25, -0.2) is 15.0 Å². The Morgan fingerprint density at radius 2 is 1.82 bits per heavy atom. The Hall–Kier alpha value is -3.65. The van der Waals surface area contributed by atoms with Crippen molar-refractivity contribution >= 4 is 28.7 Å². The van der Waals surface area contributed by atoms with E-state index >= 15 is 0 Å². The predicted molar refractivity (Wildman–Crippen MR) is 131 cm³/mol. The van der Waals surface area contributed by atoms with Crippen LogP contribution in [-0.2, 0) is 6.42 Å². The summed E-state index contributed by atoms with van der Waals surface area (Å²) in [6.07, 6.45) is 7.02. The Labute approximate surface area is 196 Å². The van der Waals surface area contributed by atoms with Gasteiger partial charge < -0.3 is 10.2 Å². The number of anilines is 1. The van der Waals surface area contributed by atoms with Crippen LogP contribution < -0.4 is 5.73 Å². The molecule has 0 spiro atoms. The summed E-state index contributed by atoms with van der Waals surface area (Å²) in [6, 6.07) is 18.2. The van der Waals surface area contributed by atoms with E-state index in [9.17, 15) is 0 Å². The molecule has 0 aliphatic carbocycles. The first-order valence-electron chi connectivity index (χ1n) is 10.9. The maximum absolute atomic E-state index is 6.37. The Bertz CT molecular complexity index is 1340. The van der Waals surface area contributed by atoms with Crippen LogP contribution in [0.25, 0.3) is 22.7 Å². The zero-order valence-corrected chi connectivity index (χ0v) is 19.1. The van der Waals surface area contributed by atoms with Crippen molar-refractivity contribution in [2.45, 2.75) is 31.0 Å². The Morgan fingerprint density at radius 3 is 2.55 bits per heavy atom. The third-order valence-corrected chi connectivity index (χ3v) is 6.39. The standard InChI is InChI=1S/C25H24N6OS/c1-2-19(18-10-13-27-14-11-18)31-23(20-9-6-15-32-20)28-21-22(26)29-25(30-24(21)31)33-16-12-17-7-4-3-5-8-17/h3-11,13-15,19H,2,12,16H2,1H3,(H2,26,29,30). The first-order chi connectivity index (χ1) is 16.2. The van der Waals surface area contributed by atoms with Gasteiger partial charge in [0.25, 0.3) is 0 Å². The molecule has 166 valence electrons. The molecule has 0 bridgehead atoms. The summed E-state index contributed by atoms with van der Waals surface area (Å²) in [5, 5.41) is 0.646. The smallest absolute Gasteiger partial charge is 0.191 e. The van der Waals surface area contributed by atoms with Crippen LogP contribution in [0.1, 0.15) is 30.5 Å². The van der Waals surface area contributed by atoms with Gasteiger partial charge in [-0.2, -0.15) is 0 Å². The highest BCUT2D eigenvalue weighted by molar-refractivity contribution is 7.99. The minimum absolute atomic E-state index is 0.00503. The summed E-state index contributed by atoms with van der Waals surface area (Å²) in [5.74, 6) is 2.58. The molecule has 8 heteroatoms. The van der Waals surface area contributed by atoms with Crippen molar-refractivity contribution in [3.63, 3.8) is 0 Å². The lowest BCUT2D eigenvalue weighted by Gasteiger charge is -2.20. The molecule has 33 heavy (non-hydrogen) atoms. The molecule has 7 nitrogen and oxygen atoms in total. The number of fused-ring (bicyclic) bond motifs is 1. The monoisotopic (exact) mass is 456 g/mol. The maximum Gasteiger partial charge on any atom is 0.191 e. The summed E-state index contributed by atoms with van der Waals surface area (Å²) < 4.78 is 7.83. The Morgan fingerprint density at radius 1 is 1.00 bits per heavy atom. The zero-order valence-electron chi connectivity index (χ0n) is 18.3. The number of nitrogen functional groups attached to an aromatic ring is 1. The number of imidazole rings is 1. The maximum atomic E-state index is 6.37. The van der Waals surface area contributed by atoms with Crippen LogP contribution in [0.15, 0.2) is 82.8 Å². The number of thioether (sulfide) groups is 1. The van der Waals surface area contributed by atoms with Gasteiger partial charge in [0.1, 0.15) is 0 Å².